The van der Waals surface area contributed by atoms with Crippen molar-refractivity contribution in [1.29, 1.82) is 0 Å². The predicted octanol–water partition coefficient (Wildman–Crippen LogP) is 1.85. The molecule has 0 radical (unpaired) electrons. The zero-order valence-corrected chi connectivity index (χ0v) is 12.7. The summed E-state index contributed by atoms with van der Waals surface area (Å²) >= 11 is 0. The quantitative estimate of drug-likeness (QED) is 0.931. The Morgan fingerprint density at radius 2 is 1.95 bits per heavy atom. The van der Waals surface area contributed by atoms with Gasteiger partial charge in [0.15, 0.2) is 0 Å². The summed E-state index contributed by atoms with van der Waals surface area (Å²) in [5, 5.41) is 8.01. The highest BCUT2D eigenvalue weighted by atomic mass is 16.5. The topological polar surface area (TPSA) is 42.3 Å². The maximum absolute atomic E-state index is 5.47. The third-order valence-corrected chi connectivity index (χ3v) is 3.95. The molecule has 0 unspecified atom stereocenters. The molecule has 5 heteroatoms. The van der Waals surface area contributed by atoms with Crippen LogP contribution >= 0.6 is 0 Å². The van der Waals surface area contributed by atoms with Gasteiger partial charge >= 0.3 is 0 Å². The van der Waals surface area contributed by atoms with Gasteiger partial charge in [-0.3, -0.25) is 0 Å². The lowest BCUT2D eigenvalue weighted by molar-refractivity contribution is 0.411. The van der Waals surface area contributed by atoms with E-state index in [4.69, 9.17) is 4.74 Å². The van der Waals surface area contributed by atoms with Gasteiger partial charge in [0, 0.05) is 26.2 Å². The number of anilines is 1. The summed E-state index contributed by atoms with van der Waals surface area (Å²) in [5.41, 5.74) is 3.48. The van der Waals surface area contributed by atoms with Crippen LogP contribution < -0.4 is 15.0 Å². The molecule has 112 valence electrons. The van der Waals surface area contributed by atoms with Gasteiger partial charge in [-0.05, 0) is 18.6 Å². The molecular weight excluding hydrogens is 264 g/mol. The molecule has 1 fully saturated rings. The van der Waals surface area contributed by atoms with Crippen molar-refractivity contribution in [3.8, 4) is 11.4 Å². The van der Waals surface area contributed by atoms with Gasteiger partial charge < -0.3 is 15.0 Å². The van der Waals surface area contributed by atoms with Crippen LogP contribution in [0.5, 0.6) is 5.75 Å². The van der Waals surface area contributed by atoms with Gasteiger partial charge in [0.1, 0.15) is 11.4 Å². The molecule has 0 saturated carbocycles. The van der Waals surface area contributed by atoms with E-state index in [0.29, 0.717) is 0 Å². The normalized spacial score (nSPS) is 15.2. The van der Waals surface area contributed by atoms with Crippen LogP contribution in [0.1, 0.15) is 12.6 Å². The number of benzene rings is 1. The second kappa shape index (κ2) is 6.18. The van der Waals surface area contributed by atoms with Crippen molar-refractivity contribution in [2.45, 2.75) is 13.3 Å². The SMILES string of the molecule is CCc1c(N2CCNCC2)cnn1-c1ccccc1OC. The van der Waals surface area contributed by atoms with Crippen LogP contribution in [-0.2, 0) is 6.42 Å². The zero-order chi connectivity index (χ0) is 14.7. The summed E-state index contributed by atoms with van der Waals surface area (Å²) < 4.78 is 7.48. The zero-order valence-electron chi connectivity index (χ0n) is 12.7. The van der Waals surface area contributed by atoms with E-state index in [2.05, 4.69) is 22.2 Å². The lowest BCUT2D eigenvalue weighted by Crippen LogP contribution is -2.43. The Labute approximate surface area is 125 Å². The van der Waals surface area contributed by atoms with E-state index < -0.39 is 0 Å². The molecule has 1 saturated heterocycles. The summed E-state index contributed by atoms with van der Waals surface area (Å²) in [6.07, 6.45) is 2.92. The van der Waals surface area contributed by atoms with Crippen molar-refractivity contribution in [2.75, 3.05) is 38.2 Å². The Morgan fingerprint density at radius 1 is 1.19 bits per heavy atom. The summed E-state index contributed by atoms with van der Waals surface area (Å²) in [6, 6.07) is 8.02. The Hall–Kier alpha value is -2.01. The first-order valence-corrected chi connectivity index (χ1v) is 7.51. The third kappa shape index (κ3) is 2.61. The van der Waals surface area contributed by atoms with Crippen molar-refractivity contribution < 1.29 is 4.74 Å². The average Bonchev–Trinajstić information content (AvgIpc) is 2.99. The van der Waals surface area contributed by atoms with E-state index in [1.807, 2.05) is 35.1 Å². The highest BCUT2D eigenvalue weighted by molar-refractivity contribution is 5.55. The van der Waals surface area contributed by atoms with Gasteiger partial charge in [-0.1, -0.05) is 19.1 Å². The Bertz CT molecular complexity index is 602. The first-order valence-electron chi connectivity index (χ1n) is 7.51. The minimum absolute atomic E-state index is 0.849. The minimum atomic E-state index is 0.849. The fraction of sp³-hybridized carbons (Fsp3) is 0.438. The number of nitrogens with zero attached hydrogens (tertiary/aromatic N) is 3. The summed E-state index contributed by atoms with van der Waals surface area (Å²) in [5.74, 6) is 0.849. The van der Waals surface area contributed by atoms with Crippen LogP contribution in [0.4, 0.5) is 5.69 Å². The number of hydrogen-bond donors (Lipinski definition) is 1. The second-order valence-corrected chi connectivity index (χ2v) is 5.15. The van der Waals surface area contributed by atoms with Crippen LogP contribution in [0.3, 0.4) is 0 Å². The van der Waals surface area contributed by atoms with Gasteiger partial charge in [0.25, 0.3) is 0 Å². The molecule has 21 heavy (non-hydrogen) atoms. The molecule has 0 bridgehead atoms. The highest BCUT2D eigenvalue weighted by Gasteiger charge is 2.19. The third-order valence-electron chi connectivity index (χ3n) is 3.95. The number of piperazine rings is 1. The van der Waals surface area contributed by atoms with E-state index in [-0.39, 0.29) is 0 Å². The lowest BCUT2D eigenvalue weighted by atomic mass is 10.2. The summed E-state index contributed by atoms with van der Waals surface area (Å²) in [7, 11) is 1.70. The van der Waals surface area contributed by atoms with Crippen molar-refractivity contribution in [3.63, 3.8) is 0 Å². The summed E-state index contributed by atoms with van der Waals surface area (Å²) in [6.45, 7) is 6.30. The average molecular weight is 286 g/mol. The lowest BCUT2D eigenvalue weighted by Gasteiger charge is -2.29. The van der Waals surface area contributed by atoms with Gasteiger partial charge in [0.2, 0.25) is 0 Å². The van der Waals surface area contributed by atoms with Crippen LogP contribution in [0.25, 0.3) is 5.69 Å². The molecular formula is C16H22N4O. The molecule has 1 aliphatic rings. The first kappa shape index (κ1) is 13.9. The van der Waals surface area contributed by atoms with Gasteiger partial charge in [-0.2, -0.15) is 5.10 Å². The largest absolute Gasteiger partial charge is 0.494 e. The molecule has 1 aliphatic heterocycles. The minimum Gasteiger partial charge on any atom is -0.494 e. The van der Waals surface area contributed by atoms with Crippen LogP contribution in [0.15, 0.2) is 30.5 Å². The molecule has 1 aromatic carbocycles. The second-order valence-electron chi connectivity index (χ2n) is 5.15. The molecule has 3 rings (SSSR count). The van der Waals surface area contributed by atoms with Gasteiger partial charge in [-0.15, -0.1) is 0 Å². The van der Waals surface area contributed by atoms with E-state index in [0.717, 1.165) is 44.0 Å². The van der Waals surface area contributed by atoms with Gasteiger partial charge in [0.05, 0.1) is 24.7 Å². The smallest absolute Gasteiger partial charge is 0.144 e. The molecule has 1 aromatic heterocycles. The molecule has 0 atom stereocenters. The number of nitrogens with one attached hydrogen (secondary N) is 1. The Kier molecular flexibility index (Phi) is 4.10. The van der Waals surface area contributed by atoms with Crippen molar-refractivity contribution in [1.82, 2.24) is 15.1 Å². The molecule has 0 aliphatic carbocycles. The highest BCUT2D eigenvalue weighted by Crippen LogP contribution is 2.28. The van der Waals surface area contributed by atoms with E-state index in [1.165, 1.54) is 11.4 Å². The monoisotopic (exact) mass is 286 g/mol. The van der Waals surface area contributed by atoms with Crippen LogP contribution in [0, 0.1) is 0 Å². The number of aromatic nitrogens is 2. The van der Waals surface area contributed by atoms with Gasteiger partial charge in [-0.25, -0.2) is 4.68 Å². The number of hydrogen-bond acceptors (Lipinski definition) is 4. The molecule has 5 nitrogen and oxygen atoms in total. The van der Waals surface area contributed by atoms with E-state index >= 15 is 0 Å². The van der Waals surface area contributed by atoms with Crippen LogP contribution in [-0.4, -0.2) is 43.1 Å². The maximum Gasteiger partial charge on any atom is 0.144 e. The first-order chi connectivity index (χ1) is 10.3. The number of ether oxygens (including phenoxy) is 1. The van der Waals surface area contributed by atoms with Crippen molar-refractivity contribution in [2.24, 2.45) is 0 Å². The molecule has 0 spiro atoms. The fourth-order valence-electron chi connectivity index (χ4n) is 2.88. The fourth-order valence-corrected chi connectivity index (χ4v) is 2.88. The van der Waals surface area contributed by atoms with Crippen molar-refractivity contribution in [3.05, 3.63) is 36.2 Å². The van der Waals surface area contributed by atoms with Crippen LogP contribution in [0.2, 0.25) is 0 Å². The maximum atomic E-state index is 5.47. The predicted molar refractivity (Wildman–Crippen MR) is 84.6 cm³/mol. The van der Waals surface area contributed by atoms with E-state index in [1.54, 1.807) is 7.11 Å². The molecule has 1 N–H and O–H groups in total. The number of rotatable bonds is 4. The van der Waals surface area contributed by atoms with E-state index in [9.17, 15) is 0 Å². The molecule has 2 aromatic rings. The van der Waals surface area contributed by atoms with Crippen molar-refractivity contribution >= 4 is 5.69 Å². The number of methoxy groups -OCH3 is 1. The standard InChI is InChI=1S/C16H22N4O/c1-3-13-15(19-10-8-17-9-11-19)12-18-20(13)14-6-4-5-7-16(14)21-2/h4-7,12,17H,3,8-11H2,1-2H3. The molecule has 2 heterocycles. The Morgan fingerprint density at radius 3 is 2.67 bits per heavy atom. The summed E-state index contributed by atoms with van der Waals surface area (Å²) in [4.78, 5) is 2.41. The Balaban J connectivity index is 2.01. The number of para-hydroxylation sites is 2. The molecule has 0 amide bonds.